The van der Waals surface area contributed by atoms with Crippen LogP contribution in [-0.4, -0.2) is 47.6 Å². The van der Waals surface area contributed by atoms with Crippen molar-refractivity contribution in [2.75, 3.05) is 14.2 Å². The maximum absolute atomic E-state index is 12.6. The summed E-state index contributed by atoms with van der Waals surface area (Å²) < 4.78 is 9.63. The van der Waals surface area contributed by atoms with Gasteiger partial charge in [-0.3, -0.25) is 4.79 Å². The molecule has 1 fully saturated rings. The minimum absolute atomic E-state index is 0.305. The van der Waals surface area contributed by atoms with E-state index in [0.29, 0.717) is 25.9 Å². The van der Waals surface area contributed by atoms with E-state index in [1.165, 1.54) is 20.4 Å². The molecule has 0 radical (unpaired) electrons. The summed E-state index contributed by atoms with van der Waals surface area (Å²) in [5.41, 5.74) is 2.27. The highest BCUT2D eigenvalue weighted by molar-refractivity contribution is 8.26. The highest BCUT2D eigenvalue weighted by Gasteiger charge is 2.32. The number of rotatable bonds is 5. The lowest BCUT2D eigenvalue weighted by atomic mass is 10.1. The number of carbonyl (C=O) groups is 3. The number of methoxy groups -OCH3 is 2. The molecule has 1 saturated heterocycles. The summed E-state index contributed by atoms with van der Waals surface area (Å²) in [6.45, 7) is 0. The van der Waals surface area contributed by atoms with Crippen LogP contribution in [0.3, 0.4) is 0 Å². The fourth-order valence-electron chi connectivity index (χ4n) is 2.49. The molecule has 30 heavy (non-hydrogen) atoms. The molecule has 2 aromatic carbocycles. The lowest BCUT2D eigenvalue weighted by Gasteiger charge is -2.06. The van der Waals surface area contributed by atoms with Gasteiger partial charge in [0.15, 0.2) is 4.32 Å². The number of esters is 2. The third kappa shape index (κ3) is 4.81. The molecule has 2 aromatic rings. The van der Waals surface area contributed by atoms with E-state index in [1.807, 2.05) is 0 Å². The van der Waals surface area contributed by atoms with E-state index in [9.17, 15) is 14.4 Å². The van der Waals surface area contributed by atoms with Crippen LogP contribution >= 0.6 is 24.0 Å². The number of ether oxygens (including phenoxy) is 2. The Hall–Kier alpha value is -3.30. The Bertz CT molecular complexity index is 1060. The second-order valence-corrected chi connectivity index (χ2v) is 7.64. The summed E-state index contributed by atoms with van der Waals surface area (Å²) in [4.78, 5) is 36.0. The van der Waals surface area contributed by atoms with Gasteiger partial charge in [-0.25, -0.2) is 9.59 Å². The summed E-state index contributed by atoms with van der Waals surface area (Å²) >= 11 is 6.40. The van der Waals surface area contributed by atoms with E-state index in [1.54, 1.807) is 54.6 Å². The van der Waals surface area contributed by atoms with E-state index in [2.05, 4.69) is 14.6 Å². The Labute approximate surface area is 182 Å². The Morgan fingerprint density at radius 1 is 0.933 bits per heavy atom. The van der Waals surface area contributed by atoms with E-state index in [4.69, 9.17) is 12.2 Å². The zero-order valence-corrected chi connectivity index (χ0v) is 17.7. The maximum Gasteiger partial charge on any atom is 0.337 e. The molecule has 9 heteroatoms. The van der Waals surface area contributed by atoms with Gasteiger partial charge in [0, 0.05) is 0 Å². The molecule has 1 amide bonds. The van der Waals surface area contributed by atoms with Gasteiger partial charge in [0.05, 0.1) is 36.5 Å². The van der Waals surface area contributed by atoms with Crippen LogP contribution in [0, 0.1) is 0 Å². The standard InChI is InChI=1S/C21H16N2O5S2/c1-27-19(25)15-7-3-13(4-8-15)11-17-18(24)23(21(29)30-17)22-12-14-5-9-16(10-6-14)20(26)28-2/h3-12H,1-2H3/b17-11-,22-12-. The van der Waals surface area contributed by atoms with Gasteiger partial charge in [-0.1, -0.05) is 36.0 Å². The van der Waals surface area contributed by atoms with Crippen molar-refractivity contribution in [3.63, 3.8) is 0 Å². The summed E-state index contributed by atoms with van der Waals surface area (Å²) in [5.74, 6) is -1.20. The van der Waals surface area contributed by atoms with Crippen molar-refractivity contribution in [2.45, 2.75) is 0 Å². The quantitative estimate of drug-likeness (QED) is 0.304. The largest absolute Gasteiger partial charge is 0.465 e. The smallest absolute Gasteiger partial charge is 0.337 e. The van der Waals surface area contributed by atoms with E-state index in [0.717, 1.165) is 22.3 Å². The molecule has 152 valence electrons. The first-order valence-electron chi connectivity index (χ1n) is 8.61. The van der Waals surface area contributed by atoms with Gasteiger partial charge in [0.25, 0.3) is 5.91 Å². The van der Waals surface area contributed by atoms with Crippen molar-refractivity contribution < 1.29 is 23.9 Å². The molecule has 0 aromatic heterocycles. The number of amides is 1. The number of nitrogens with zero attached hydrogens (tertiary/aromatic N) is 2. The molecule has 1 aliphatic heterocycles. The van der Waals surface area contributed by atoms with Crippen molar-refractivity contribution in [1.29, 1.82) is 0 Å². The fourth-order valence-corrected chi connectivity index (χ4v) is 3.66. The average molecular weight is 441 g/mol. The topological polar surface area (TPSA) is 85.3 Å². The van der Waals surface area contributed by atoms with Crippen LogP contribution in [0.25, 0.3) is 6.08 Å². The zero-order chi connectivity index (χ0) is 21.7. The Balaban J connectivity index is 1.72. The molecule has 0 N–H and O–H groups in total. The summed E-state index contributed by atoms with van der Waals surface area (Å²) in [7, 11) is 2.63. The van der Waals surface area contributed by atoms with Gasteiger partial charge in [-0.2, -0.15) is 10.1 Å². The van der Waals surface area contributed by atoms with Gasteiger partial charge in [0.1, 0.15) is 0 Å². The summed E-state index contributed by atoms with van der Waals surface area (Å²) in [5, 5.41) is 5.31. The lowest BCUT2D eigenvalue weighted by molar-refractivity contribution is -0.122. The van der Waals surface area contributed by atoms with Gasteiger partial charge in [-0.05, 0) is 53.7 Å². The monoisotopic (exact) mass is 440 g/mol. The first kappa shape index (κ1) is 21.4. The number of carbonyl (C=O) groups excluding carboxylic acids is 3. The molecule has 1 aliphatic rings. The van der Waals surface area contributed by atoms with Crippen LogP contribution in [0.4, 0.5) is 0 Å². The highest BCUT2D eigenvalue weighted by Crippen LogP contribution is 2.32. The molecular formula is C21H16N2O5S2. The second-order valence-electron chi connectivity index (χ2n) is 5.97. The first-order chi connectivity index (χ1) is 14.4. The first-order valence-corrected chi connectivity index (χ1v) is 9.84. The van der Waals surface area contributed by atoms with Gasteiger partial charge in [0.2, 0.25) is 0 Å². The van der Waals surface area contributed by atoms with Crippen LogP contribution in [0.15, 0.2) is 58.5 Å². The van der Waals surface area contributed by atoms with E-state index in [-0.39, 0.29) is 5.91 Å². The molecule has 0 bridgehead atoms. The van der Waals surface area contributed by atoms with Gasteiger partial charge < -0.3 is 9.47 Å². The van der Waals surface area contributed by atoms with Crippen molar-refractivity contribution in [3.8, 4) is 0 Å². The van der Waals surface area contributed by atoms with Crippen LogP contribution in [0.5, 0.6) is 0 Å². The Morgan fingerprint density at radius 2 is 1.43 bits per heavy atom. The number of thiocarbonyl (C=S) groups is 1. The average Bonchev–Trinajstić information content (AvgIpc) is 3.04. The molecule has 0 saturated carbocycles. The van der Waals surface area contributed by atoms with Crippen molar-refractivity contribution in [3.05, 3.63) is 75.7 Å². The number of thioether (sulfide) groups is 1. The summed E-state index contributed by atoms with van der Waals surface area (Å²) in [6, 6.07) is 13.3. The summed E-state index contributed by atoms with van der Waals surface area (Å²) in [6.07, 6.45) is 3.17. The zero-order valence-electron chi connectivity index (χ0n) is 16.0. The normalized spacial score (nSPS) is 15.1. The van der Waals surface area contributed by atoms with Gasteiger partial charge in [-0.15, -0.1) is 0 Å². The van der Waals surface area contributed by atoms with Crippen molar-refractivity contribution >= 4 is 58.4 Å². The molecule has 0 aliphatic carbocycles. The van der Waals surface area contributed by atoms with E-state index < -0.39 is 11.9 Å². The third-order valence-corrected chi connectivity index (χ3v) is 5.34. The van der Waals surface area contributed by atoms with Crippen LogP contribution in [-0.2, 0) is 14.3 Å². The predicted molar refractivity (Wildman–Crippen MR) is 118 cm³/mol. The van der Waals surface area contributed by atoms with Crippen LogP contribution in [0.2, 0.25) is 0 Å². The Morgan fingerprint density at radius 3 is 1.93 bits per heavy atom. The minimum atomic E-state index is -0.430. The molecule has 0 atom stereocenters. The highest BCUT2D eigenvalue weighted by atomic mass is 32.2. The number of hydrogen-bond donors (Lipinski definition) is 0. The van der Waals surface area contributed by atoms with Crippen molar-refractivity contribution in [2.24, 2.45) is 5.10 Å². The number of benzene rings is 2. The molecule has 7 nitrogen and oxygen atoms in total. The Kier molecular flexibility index (Phi) is 6.76. The minimum Gasteiger partial charge on any atom is -0.465 e. The maximum atomic E-state index is 12.6. The lowest BCUT2D eigenvalue weighted by Crippen LogP contribution is -2.22. The molecule has 3 rings (SSSR count). The molecular weight excluding hydrogens is 424 g/mol. The SMILES string of the molecule is COC(=O)c1ccc(/C=N\N2C(=O)/C(=C/c3ccc(C(=O)OC)cc3)SC2=S)cc1. The number of hydrazone groups is 1. The van der Waals surface area contributed by atoms with E-state index >= 15 is 0 Å². The van der Waals surface area contributed by atoms with Gasteiger partial charge >= 0.3 is 11.9 Å². The molecule has 0 spiro atoms. The second kappa shape index (κ2) is 9.47. The third-order valence-electron chi connectivity index (χ3n) is 4.06. The molecule has 0 unspecified atom stereocenters. The fraction of sp³-hybridized carbons (Fsp3) is 0.0952. The number of hydrogen-bond acceptors (Lipinski definition) is 8. The predicted octanol–water partition coefficient (Wildman–Crippen LogP) is 3.50. The van der Waals surface area contributed by atoms with Crippen molar-refractivity contribution in [1.82, 2.24) is 5.01 Å². The van der Waals surface area contributed by atoms with Crippen LogP contribution in [0.1, 0.15) is 31.8 Å². The molecule has 1 heterocycles. The van der Waals surface area contributed by atoms with Crippen LogP contribution < -0.4 is 0 Å².